The highest BCUT2D eigenvalue weighted by Gasteiger charge is 2.25. The van der Waals surface area contributed by atoms with E-state index in [9.17, 15) is 18.8 Å². The topological polar surface area (TPSA) is 93.8 Å². The van der Waals surface area contributed by atoms with Gasteiger partial charge in [-0.1, -0.05) is 0 Å². The third-order valence-electron chi connectivity index (χ3n) is 6.33. The van der Waals surface area contributed by atoms with Gasteiger partial charge in [0.25, 0.3) is 5.91 Å². The van der Waals surface area contributed by atoms with Crippen molar-refractivity contribution in [2.75, 3.05) is 32.7 Å². The number of carbonyl (C=O) groups excluding carboxylic acids is 1. The van der Waals surface area contributed by atoms with E-state index in [0.29, 0.717) is 39.1 Å². The molecule has 4 aromatic rings. The molecule has 0 spiro atoms. The SMILES string of the molecule is N#CCC(CN1CCN(C(=O)c2cc(F)cc(F)c2)CC1)n1ccc(-c2ncnc3[nH]ccc23)c1. The number of nitriles is 1. The molecular weight excluding hydrogens is 452 g/mol. The number of piperazine rings is 1. The summed E-state index contributed by atoms with van der Waals surface area (Å²) >= 11 is 0. The van der Waals surface area contributed by atoms with Crippen LogP contribution in [0.1, 0.15) is 22.8 Å². The first-order valence-electron chi connectivity index (χ1n) is 11.3. The maximum atomic E-state index is 13.5. The van der Waals surface area contributed by atoms with Gasteiger partial charge >= 0.3 is 0 Å². The lowest BCUT2D eigenvalue weighted by atomic mass is 10.1. The molecule has 1 aliphatic rings. The van der Waals surface area contributed by atoms with Crippen LogP contribution in [0.25, 0.3) is 22.3 Å². The van der Waals surface area contributed by atoms with Gasteiger partial charge in [-0.15, -0.1) is 0 Å². The first kappa shape index (κ1) is 22.7. The standard InChI is InChI=1S/C25H23F2N7O/c26-19-11-18(12-20(27)13-19)25(35)33-9-7-32(8-10-33)15-21(1-4-28)34-6-3-17(14-34)23-22-2-5-29-24(22)31-16-30-23/h2-3,5-6,11-14,16,21H,1,7-10,15H2,(H,29,30,31). The number of nitrogens with zero attached hydrogens (tertiary/aromatic N) is 6. The number of rotatable bonds is 6. The Hall–Kier alpha value is -4.10. The number of aromatic nitrogens is 4. The third-order valence-corrected chi connectivity index (χ3v) is 6.33. The molecule has 1 aromatic carbocycles. The molecule has 0 bridgehead atoms. The first-order valence-corrected chi connectivity index (χ1v) is 11.3. The minimum atomic E-state index is -0.767. The molecule has 35 heavy (non-hydrogen) atoms. The quantitative estimate of drug-likeness (QED) is 0.460. The van der Waals surface area contributed by atoms with Crippen molar-refractivity contribution in [2.45, 2.75) is 12.5 Å². The fourth-order valence-electron chi connectivity index (χ4n) is 4.54. The number of fused-ring (bicyclic) bond motifs is 1. The van der Waals surface area contributed by atoms with Crippen LogP contribution < -0.4 is 0 Å². The number of hydrogen-bond donors (Lipinski definition) is 1. The summed E-state index contributed by atoms with van der Waals surface area (Å²) in [5.74, 6) is -1.92. The van der Waals surface area contributed by atoms with Gasteiger partial charge < -0.3 is 14.5 Å². The van der Waals surface area contributed by atoms with Crippen molar-refractivity contribution in [3.63, 3.8) is 0 Å². The number of halogens is 2. The summed E-state index contributed by atoms with van der Waals surface area (Å²) < 4.78 is 29.1. The second-order valence-corrected chi connectivity index (χ2v) is 8.58. The van der Waals surface area contributed by atoms with Crippen LogP contribution in [-0.2, 0) is 0 Å². The van der Waals surface area contributed by atoms with Gasteiger partial charge in [0.2, 0.25) is 0 Å². The Morgan fingerprint density at radius 1 is 1.11 bits per heavy atom. The zero-order chi connectivity index (χ0) is 24.4. The number of carbonyl (C=O) groups is 1. The summed E-state index contributed by atoms with van der Waals surface area (Å²) in [6.45, 7) is 2.74. The van der Waals surface area contributed by atoms with Gasteiger partial charge in [0, 0.05) is 73.9 Å². The van der Waals surface area contributed by atoms with Crippen molar-refractivity contribution >= 4 is 16.9 Å². The maximum Gasteiger partial charge on any atom is 0.254 e. The zero-order valence-electron chi connectivity index (χ0n) is 18.9. The maximum absolute atomic E-state index is 13.5. The van der Waals surface area contributed by atoms with E-state index in [1.54, 1.807) is 4.90 Å². The van der Waals surface area contributed by atoms with Crippen LogP contribution in [-0.4, -0.2) is 67.9 Å². The third kappa shape index (κ3) is 4.76. The van der Waals surface area contributed by atoms with Crippen LogP contribution in [0.15, 0.2) is 55.2 Å². The second kappa shape index (κ2) is 9.64. The van der Waals surface area contributed by atoms with E-state index in [-0.39, 0.29) is 17.5 Å². The lowest BCUT2D eigenvalue weighted by Gasteiger charge is -2.36. The van der Waals surface area contributed by atoms with Gasteiger partial charge in [-0.25, -0.2) is 18.7 Å². The Bertz CT molecular complexity index is 1380. The van der Waals surface area contributed by atoms with Gasteiger partial charge in [-0.2, -0.15) is 5.26 Å². The van der Waals surface area contributed by atoms with E-state index in [0.717, 1.165) is 40.5 Å². The Morgan fingerprint density at radius 3 is 2.63 bits per heavy atom. The number of H-pyrrole nitrogens is 1. The molecule has 178 valence electrons. The molecule has 10 heteroatoms. The van der Waals surface area contributed by atoms with Crippen LogP contribution in [0.4, 0.5) is 8.78 Å². The normalized spacial score (nSPS) is 15.3. The number of hydrogen-bond acceptors (Lipinski definition) is 5. The molecule has 4 heterocycles. The van der Waals surface area contributed by atoms with Crippen molar-refractivity contribution in [1.82, 2.24) is 29.3 Å². The molecule has 3 aromatic heterocycles. The fraction of sp³-hybridized carbons (Fsp3) is 0.280. The molecule has 1 aliphatic heterocycles. The van der Waals surface area contributed by atoms with E-state index in [4.69, 9.17) is 0 Å². The van der Waals surface area contributed by atoms with Gasteiger partial charge in [-0.05, 0) is 24.3 Å². The molecular formula is C25H23F2N7O. The fourth-order valence-corrected chi connectivity index (χ4v) is 4.54. The van der Waals surface area contributed by atoms with Crippen LogP contribution in [0, 0.1) is 23.0 Å². The van der Waals surface area contributed by atoms with Gasteiger partial charge in [0.15, 0.2) is 0 Å². The summed E-state index contributed by atoms with van der Waals surface area (Å²) in [6.07, 6.45) is 7.63. The minimum absolute atomic E-state index is 0.0134. The molecule has 1 fully saturated rings. The Morgan fingerprint density at radius 2 is 1.89 bits per heavy atom. The van der Waals surface area contributed by atoms with E-state index in [1.807, 2.05) is 35.3 Å². The average Bonchev–Trinajstić information content (AvgIpc) is 3.53. The number of aromatic amines is 1. The van der Waals surface area contributed by atoms with Crippen LogP contribution in [0.3, 0.4) is 0 Å². The number of amides is 1. The van der Waals surface area contributed by atoms with E-state index < -0.39 is 11.6 Å². The molecule has 1 N–H and O–H groups in total. The summed E-state index contributed by atoms with van der Waals surface area (Å²) in [4.78, 5) is 28.3. The van der Waals surface area contributed by atoms with Crippen molar-refractivity contribution in [3.8, 4) is 17.3 Å². The largest absolute Gasteiger partial charge is 0.348 e. The second-order valence-electron chi connectivity index (χ2n) is 8.58. The average molecular weight is 476 g/mol. The summed E-state index contributed by atoms with van der Waals surface area (Å²) in [7, 11) is 0. The molecule has 1 saturated heterocycles. The monoisotopic (exact) mass is 475 g/mol. The predicted octanol–water partition coefficient (Wildman–Crippen LogP) is 3.62. The predicted molar refractivity (Wildman–Crippen MR) is 125 cm³/mol. The van der Waals surface area contributed by atoms with Gasteiger partial charge in [-0.3, -0.25) is 9.69 Å². The number of nitrogens with one attached hydrogen (secondary N) is 1. The Labute approximate surface area is 200 Å². The van der Waals surface area contributed by atoms with E-state index >= 15 is 0 Å². The molecule has 5 rings (SSSR count). The molecule has 0 aliphatic carbocycles. The lowest BCUT2D eigenvalue weighted by molar-refractivity contribution is 0.0619. The highest BCUT2D eigenvalue weighted by molar-refractivity contribution is 5.94. The summed E-state index contributed by atoms with van der Waals surface area (Å²) in [5, 5.41) is 10.4. The first-order chi connectivity index (χ1) is 17.0. The molecule has 1 amide bonds. The van der Waals surface area contributed by atoms with E-state index in [1.165, 1.54) is 6.33 Å². The van der Waals surface area contributed by atoms with Crippen LogP contribution in [0.2, 0.25) is 0 Å². The van der Waals surface area contributed by atoms with Crippen molar-refractivity contribution in [1.29, 1.82) is 5.26 Å². The summed E-state index contributed by atoms with van der Waals surface area (Å²) in [5.41, 5.74) is 2.55. The lowest BCUT2D eigenvalue weighted by Crippen LogP contribution is -2.49. The van der Waals surface area contributed by atoms with Crippen LogP contribution in [0.5, 0.6) is 0 Å². The van der Waals surface area contributed by atoms with Gasteiger partial charge in [0.05, 0.1) is 24.2 Å². The van der Waals surface area contributed by atoms with E-state index in [2.05, 4.69) is 25.9 Å². The molecule has 0 saturated carbocycles. The van der Waals surface area contributed by atoms with Crippen molar-refractivity contribution in [2.24, 2.45) is 0 Å². The Balaban J connectivity index is 1.25. The number of benzene rings is 1. The van der Waals surface area contributed by atoms with Gasteiger partial charge in [0.1, 0.15) is 23.6 Å². The minimum Gasteiger partial charge on any atom is -0.348 e. The van der Waals surface area contributed by atoms with Crippen molar-refractivity contribution < 1.29 is 13.6 Å². The Kier molecular flexibility index (Phi) is 6.25. The summed E-state index contributed by atoms with van der Waals surface area (Å²) in [6, 6.07) is 8.99. The molecule has 8 nitrogen and oxygen atoms in total. The zero-order valence-corrected chi connectivity index (χ0v) is 18.9. The molecule has 0 radical (unpaired) electrons. The highest BCUT2D eigenvalue weighted by atomic mass is 19.1. The molecule has 1 atom stereocenters. The molecule has 1 unspecified atom stereocenters. The van der Waals surface area contributed by atoms with Crippen molar-refractivity contribution in [3.05, 3.63) is 72.4 Å². The highest BCUT2D eigenvalue weighted by Crippen LogP contribution is 2.27. The van der Waals surface area contributed by atoms with Crippen LogP contribution >= 0.6 is 0 Å². The smallest absolute Gasteiger partial charge is 0.254 e.